The number of anilines is 1. The number of nitrogens with two attached hydrogens (primary N) is 1. The van der Waals surface area contributed by atoms with Gasteiger partial charge in [0.25, 0.3) is 0 Å². The molecule has 0 amide bonds. The Bertz CT molecular complexity index is 1840. The maximum Gasteiger partial charge on any atom is 0.319 e. The van der Waals surface area contributed by atoms with Gasteiger partial charge in [-0.3, -0.25) is 4.90 Å². The highest BCUT2D eigenvalue weighted by Crippen LogP contribution is 2.44. The molecule has 262 valence electrons. The standard InChI is InChI=1S/C32H30F2N6O3.2C2H6.CH5N/c1-2-21-23(33)6-5-18-13-20(41)14-22(24(18)21)27-26(34)28-25-29(40-12-9-35-15-19(40)16-42-30(25)36-27)38-31(37-28)43-17-32-7-3-10-39(32)11-4-8-32;3*1-2/h1,5-6,13-14,19,35,41H,3-4,7-12,15-17H2;2*1-2H3;2H2,1H3/t19-;;;/m0.../s1. The van der Waals surface area contributed by atoms with Crippen LogP contribution in [0.15, 0.2) is 24.3 Å². The van der Waals surface area contributed by atoms with Gasteiger partial charge in [-0.2, -0.15) is 9.97 Å². The Morgan fingerprint density at radius 2 is 1.80 bits per heavy atom. The van der Waals surface area contributed by atoms with Crippen LogP contribution in [-0.2, 0) is 0 Å². The fourth-order valence-electron chi connectivity index (χ4n) is 7.44. The second-order valence-corrected chi connectivity index (χ2v) is 11.9. The van der Waals surface area contributed by atoms with Crippen LogP contribution in [0, 0.1) is 24.0 Å². The number of benzene rings is 2. The summed E-state index contributed by atoms with van der Waals surface area (Å²) in [5.41, 5.74) is 4.38. The van der Waals surface area contributed by atoms with E-state index in [0.29, 0.717) is 36.3 Å². The quantitative estimate of drug-likeness (QED) is 0.235. The van der Waals surface area contributed by atoms with Crippen molar-refractivity contribution >= 4 is 27.5 Å². The van der Waals surface area contributed by atoms with E-state index in [9.17, 15) is 9.50 Å². The second kappa shape index (κ2) is 15.5. The van der Waals surface area contributed by atoms with Crippen molar-refractivity contribution in [2.24, 2.45) is 5.73 Å². The Hall–Kier alpha value is -4.31. The van der Waals surface area contributed by atoms with Crippen LogP contribution < -0.4 is 25.4 Å². The largest absolute Gasteiger partial charge is 0.508 e. The molecular formula is C37H47F2N7O3. The van der Waals surface area contributed by atoms with Crippen LogP contribution in [0.25, 0.3) is 32.9 Å². The number of phenolic OH excluding ortho intramolecular Hbond substituents is 1. The number of hydrogen-bond acceptors (Lipinski definition) is 10. The third-order valence-corrected chi connectivity index (χ3v) is 9.48. The molecule has 0 unspecified atom stereocenters. The molecule has 3 fully saturated rings. The SMILES string of the molecule is C#Cc1c(F)ccc2cc(O)cc(-c3nc4c5c(nc(OCC67CCCN6CCC7)nc5c3F)N3CCNC[C@H]3CO4)c12.CC.CC.CN. The van der Waals surface area contributed by atoms with Gasteiger partial charge < -0.3 is 30.5 Å². The maximum absolute atomic E-state index is 16.8. The summed E-state index contributed by atoms with van der Waals surface area (Å²) in [6, 6.07) is 5.53. The van der Waals surface area contributed by atoms with Crippen molar-refractivity contribution in [2.75, 3.05) is 57.9 Å². The van der Waals surface area contributed by atoms with E-state index in [1.807, 2.05) is 27.7 Å². The molecule has 3 saturated heterocycles. The molecule has 0 aliphatic carbocycles. The van der Waals surface area contributed by atoms with Crippen LogP contribution in [0.4, 0.5) is 14.6 Å². The molecule has 4 N–H and O–H groups in total. The zero-order chi connectivity index (χ0) is 35.3. The molecule has 0 spiro atoms. The number of nitrogens with one attached hydrogen (secondary N) is 1. The highest BCUT2D eigenvalue weighted by molar-refractivity contribution is 6.04. The van der Waals surface area contributed by atoms with E-state index >= 15 is 4.39 Å². The van der Waals surface area contributed by atoms with Crippen LogP contribution in [-0.4, -0.2) is 89.5 Å². The molecule has 1 atom stereocenters. The van der Waals surface area contributed by atoms with E-state index in [1.54, 1.807) is 0 Å². The fraction of sp³-hybridized carbons (Fsp3) is 0.486. The predicted octanol–water partition coefficient (Wildman–Crippen LogP) is 5.62. The highest BCUT2D eigenvalue weighted by Gasteiger charge is 2.45. The lowest BCUT2D eigenvalue weighted by Gasteiger charge is -2.35. The lowest BCUT2D eigenvalue weighted by Crippen LogP contribution is -2.53. The minimum Gasteiger partial charge on any atom is -0.508 e. The number of terminal acetylenes is 1. The lowest BCUT2D eigenvalue weighted by molar-refractivity contribution is 0.108. The fourth-order valence-corrected chi connectivity index (χ4v) is 7.44. The number of pyridine rings is 1. The Kier molecular flexibility index (Phi) is 11.4. The molecule has 49 heavy (non-hydrogen) atoms. The third kappa shape index (κ3) is 6.43. The van der Waals surface area contributed by atoms with Gasteiger partial charge in [-0.25, -0.2) is 13.8 Å². The summed E-state index contributed by atoms with van der Waals surface area (Å²) in [6.45, 7) is 12.8. The molecule has 10 nitrogen and oxygen atoms in total. The Morgan fingerprint density at radius 3 is 2.51 bits per heavy atom. The molecular weight excluding hydrogens is 628 g/mol. The number of piperazine rings is 1. The summed E-state index contributed by atoms with van der Waals surface area (Å²) in [5, 5.41) is 15.0. The number of phenols is 1. The molecule has 0 bridgehead atoms. The third-order valence-electron chi connectivity index (χ3n) is 9.48. The number of fused-ring (bicyclic) bond motifs is 4. The summed E-state index contributed by atoms with van der Waals surface area (Å²) < 4.78 is 44.2. The minimum absolute atomic E-state index is 0.0125. The van der Waals surface area contributed by atoms with Crippen LogP contribution in [0.2, 0.25) is 0 Å². The highest BCUT2D eigenvalue weighted by atomic mass is 19.1. The second-order valence-electron chi connectivity index (χ2n) is 11.9. The first kappa shape index (κ1) is 36.0. The number of aromatic nitrogens is 3. The zero-order valence-corrected chi connectivity index (χ0v) is 29.1. The summed E-state index contributed by atoms with van der Waals surface area (Å²) in [6.07, 6.45) is 10.0. The molecule has 2 aromatic heterocycles. The monoisotopic (exact) mass is 675 g/mol. The molecule has 6 heterocycles. The van der Waals surface area contributed by atoms with Gasteiger partial charge in [-0.05, 0) is 69.4 Å². The van der Waals surface area contributed by atoms with Crippen molar-refractivity contribution in [3.63, 3.8) is 0 Å². The van der Waals surface area contributed by atoms with E-state index in [4.69, 9.17) is 20.9 Å². The van der Waals surface area contributed by atoms with Gasteiger partial charge in [-0.15, -0.1) is 6.42 Å². The molecule has 8 rings (SSSR count). The normalized spacial score (nSPS) is 18.7. The van der Waals surface area contributed by atoms with E-state index < -0.39 is 11.6 Å². The Morgan fingerprint density at radius 1 is 1.06 bits per heavy atom. The first-order chi connectivity index (χ1) is 24.0. The van der Waals surface area contributed by atoms with Crippen molar-refractivity contribution in [2.45, 2.75) is 65.0 Å². The van der Waals surface area contributed by atoms with Gasteiger partial charge in [0.05, 0.1) is 17.1 Å². The van der Waals surface area contributed by atoms with Crippen molar-refractivity contribution in [3.05, 3.63) is 41.5 Å². The minimum atomic E-state index is -0.759. The van der Waals surface area contributed by atoms with Crippen LogP contribution in [0.5, 0.6) is 17.6 Å². The summed E-state index contributed by atoms with van der Waals surface area (Å²) in [5.74, 6) is 1.53. The number of aromatic hydroxyl groups is 1. The summed E-state index contributed by atoms with van der Waals surface area (Å²) in [4.78, 5) is 18.7. The van der Waals surface area contributed by atoms with Crippen molar-refractivity contribution < 1.29 is 23.4 Å². The van der Waals surface area contributed by atoms with Gasteiger partial charge in [0.15, 0.2) is 5.82 Å². The number of ether oxygens (including phenoxy) is 2. The molecule has 2 aromatic carbocycles. The number of halogens is 2. The smallest absolute Gasteiger partial charge is 0.319 e. The van der Waals surface area contributed by atoms with E-state index in [2.05, 4.69) is 36.7 Å². The van der Waals surface area contributed by atoms with Crippen molar-refractivity contribution in [1.82, 2.24) is 25.2 Å². The average molecular weight is 676 g/mol. The van der Waals surface area contributed by atoms with Gasteiger partial charge in [-0.1, -0.05) is 39.7 Å². The van der Waals surface area contributed by atoms with Gasteiger partial charge in [0, 0.05) is 30.6 Å². The van der Waals surface area contributed by atoms with Crippen LogP contribution in [0.3, 0.4) is 0 Å². The zero-order valence-electron chi connectivity index (χ0n) is 29.1. The molecule has 4 aliphatic heterocycles. The van der Waals surface area contributed by atoms with Crippen LogP contribution >= 0.6 is 0 Å². The van der Waals surface area contributed by atoms with Gasteiger partial charge in [0.1, 0.15) is 47.2 Å². The van der Waals surface area contributed by atoms with E-state index in [-0.39, 0.29) is 63.6 Å². The first-order valence-electron chi connectivity index (χ1n) is 17.3. The van der Waals surface area contributed by atoms with Gasteiger partial charge in [0.2, 0.25) is 5.88 Å². The van der Waals surface area contributed by atoms with E-state index in [1.165, 1.54) is 31.3 Å². The Balaban J connectivity index is 0.000000742. The predicted molar refractivity (Wildman–Crippen MR) is 190 cm³/mol. The lowest BCUT2D eigenvalue weighted by atomic mass is 9.95. The van der Waals surface area contributed by atoms with Crippen LogP contribution in [0.1, 0.15) is 58.9 Å². The molecule has 0 radical (unpaired) electrons. The molecule has 4 aromatic rings. The molecule has 0 saturated carbocycles. The number of rotatable bonds is 4. The number of hydrogen-bond donors (Lipinski definition) is 3. The Labute approximate surface area is 287 Å². The van der Waals surface area contributed by atoms with E-state index in [0.717, 1.165) is 45.3 Å². The summed E-state index contributed by atoms with van der Waals surface area (Å²) >= 11 is 0. The number of nitrogens with zero attached hydrogens (tertiary/aromatic N) is 5. The maximum atomic E-state index is 16.8. The topological polar surface area (TPSA) is 122 Å². The summed E-state index contributed by atoms with van der Waals surface area (Å²) in [7, 11) is 1.50. The molecule has 4 aliphatic rings. The van der Waals surface area contributed by atoms with Crippen molar-refractivity contribution in [3.8, 4) is 41.2 Å². The first-order valence-corrected chi connectivity index (χ1v) is 17.3. The van der Waals surface area contributed by atoms with Crippen molar-refractivity contribution in [1.29, 1.82) is 0 Å². The average Bonchev–Trinajstić information content (AvgIpc) is 3.69. The molecule has 12 heteroatoms. The van der Waals surface area contributed by atoms with Gasteiger partial charge >= 0.3 is 6.01 Å².